The van der Waals surface area contributed by atoms with Crippen molar-refractivity contribution >= 4 is 38.9 Å². The summed E-state index contributed by atoms with van der Waals surface area (Å²) in [6, 6.07) is 11.5. The quantitative estimate of drug-likeness (QED) is 0.363. The smallest absolute Gasteiger partial charge is 0.256 e. The molecule has 7 nitrogen and oxygen atoms in total. The van der Waals surface area contributed by atoms with Crippen molar-refractivity contribution in [3.8, 4) is 0 Å². The summed E-state index contributed by atoms with van der Waals surface area (Å²) in [7, 11) is -4.20. The molecule has 162 valence electrons. The van der Waals surface area contributed by atoms with E-state index in [0.29, 0.717) is 0 Å². The number of halogens is 1. The molecule has 0 aliphatic heterocycles. The van der Waals surface area contributed by atoms with Gasteiger partial charge in [0.2, 0.25) is 10.0 Å². The molecule has 0 spiro atoms. The van der Waals surface area contributed by atoms with Crippen LogP contribution in [0.15, 0.2) is 53.4 Å². The van der Waals surface area contributed by atoms with Crippen LogP contribution in [0.4, 0.5) is 10.1 Å². The van der Waals surface area contributed by atoms with Crippen LogP contribution in [0.2, 0.25) is 0 Å². The van der Waals surface area contributed by atoms with Gasteiger partial charge in [0.15, 0.2) is 5.11 Å². The molecule has 1 unspecified atom stereocenters. The maximum Gasteiger partial charge on any atom is 0.256 e. The summed E-state index contributed by atoms with van der Waals surface area (Å²) in [5, 5.41) is 3.05. The Balaban J connectivity index is 1.84. The van der Waals surface area contributed by atoms with E-state index in [1.54, 1.807) is 0 Å². The summed E-state index contributed by atoms with van der Waals surface area (Å²) in [6.45, 7) is 3.47. The molecule has 0 fully saturated rings. The molecule has 4 N–H and O–H groups in total. The Morgan fingerprint density at radius 2 is 1.77 bits per heavy atom. The van der Waals surface area contributed by atoms with Crippen LogP contribution in [-0.4, -0.2) is 25.5 Å². The molecule has 2 aromatic carbocycles. The largest absolute Gasteiger partial charge is 0.331 e. The first kappa shape index (κ1) is 23.7. The van der Waals surface area contributed by atoms with E-state index in [2.05, 4.69) is 27.8 Å². The predicted molar refractivity (Wildman–Crippen MR) is 119 cm³/mol. The van der Waals surface area contributed by atoms with Crippen molar-refractivity contribution in [2.24, 2.45) is 0 Å². The summed E-state index contributed by atoms with van der Waals surface area (Å²) < 4.78 is 40.4. The van der Waals surface area contributed by atoms with Crippen molar-refractivity contribution in [2.45, 2.75) is 44.0 Å². The predicted octanol–water partition coefficient (Wildman–Crippen LogP) is 2.85. The molecule has 1 amide bonds. The number of rotatable bonds is 8. The lowest BCUT2D eigenvalue weighted by atomic mass is 10.1. The molecule has 10 heteroatoms. The zero-order valence-electron chi connectivity index (χ0n) is 16.7. The van der Waals surface area contributed by atoms with E-state index in [1.165, 1.54) is 24.6 Å². The van der Waals surface area contributed by atoms with Crippen LogP contribution in [0.3, 0.4) is 0 Å². The lowest BCUT2D eigenvalue weighted by Crippen LogP contribution is -2.51. The SMILES string of the molecule is CCCCc1ccc(NC(=S)NNC(=O)C(C)NS(=O)(=O)c2ccccc2F)cc1. The Labute approximate surface area is 181 Å². The Hall–Kier alpha value is -2.56. The minimum Gasteiger partial charge on any atom is -0.331 e. The molecule has 0 aliphatic rings. The van der Waals surface area contributed by atoms with Gasteiger partial charge in [-0.3, -0.25) is 15.6 Å². The van der Waals surface area contributed by atoms with Gasteiger partial charge in [-0.25, -0.2) is 12.8 Å². The van der Waals surface area contributed by atoms with E-state index < -0.39 is 32.7 Å². The van der Waals surface area contributed by atoms with Gasteiger partial charge in [0.1, 0.15) is 10.7 Å². The van der Waals surface area contributed by atoms with Gasteiger partial charge in [-0.15, -0.1) is 0 Å². The molecule has 2 rings (SSSR count). The number of thiocarbonyl (C=S) groups is 1. The highest BCUT2D eigenvalue weighted by atomic mass is 32.2. The molecule has 0 bridgehead atoms. The van der Waals surface area contributed by atoms with Gasteiger partial charge in [-0.1, -0.05) is 37.6 Å². The van der Waals surface area contributed by atoms with Crippen LogP contribution >= 0.6 is 12.2 Å². The highest BCUT2D eigenvalue weighted by molar-refractivity contribution is 7.89. The number of amides is 1. The molecule has 0 radical (unpaired) electrons. The van der Waals surface area contributed by atoms with E-state index in [0.717, 1.165) is 37.1 Å². The fraction of sp³-hybridized carbons (Fsp3) is 0.300. The van der Waals surface area contributed by atoms with Crippen LogP contribution in [0, 0.1) is 5.82 Å². The molecule has 0 aromatic heterocycles. The third kappa shape index (κ3) is 7.05. The number of nitrogens with one attached hydrogen (secondary N) is 4. The van der Waals surface area contributed by atoms with Gasteiger partial charge in [-0.05, 0) is 61.8 Å². The zero-order chi connectivity index (χ0) is 22.1. The Bertz CT molecular complexity index is 982. The molecular formula is C20H25FN4O3S2. The second-order valence-corrected chi connectivity index (χ2v) is 8.73. The van der Waals surface area contributed by atoms with Gasteiger partial charge in [0.05, 0.1) is 6.04 Å². The zero-order valence-corrected chi connectivity index (χ0v) is 18.4. The van der Waals surface area contributed by atoms with Crippen LogP contribution in [0.5, 0.6) is 0 Å². The van der Waals surface area contributed by atoms with Crippen LogP contribution in [0.25, 0.3) is 0 Å². The van der Waals surface area contributed by atoms with Gasteiger partial charge in [0, 0.05) is 5.69 Å². The summed E-state index contributed by atoms with van der Waals surface area (Å²) >= 11 is 5.12. The van der Waals surface area contributed by atoms with Gasteiger partial charge >= 0.3 is 0 Å². The van der Waals surface area contributed by atoms with Crippen LogP contribution in [-0.2, 0) is 21.2 Å². The van der Waals surface area contributed by atoms with Gasteiger partial charge < -0.3 is 5.32 Å². The first-order chi connectivity index (χ1) is 14.2. The van der Waals surface area contributed by atoms with Crippen LogP contribution < -0.4 is 20.9 Å². The molecule has 0 aliphatic carbocycles. The van der Waals surface area contributed by atoms with Gasteiger partial charge in [0.25, 0.3) is 5.91 Å². The second-order valence-electron chi connectivity index (χ2n) is 6.64. The number of hydrogen-bond donors (Lipinski definition) is 4. The summed E-state index contributed by atoms with van der Waals surface area (Å²) in [5.41, 5.74) is 6.80. The lowest BCUT2D eigenvalue weighted by Gasteiger charge is -2.16. The first-order valence-electron chi connectivity index (χ1n) is 9.45. The first-order valence-corrected chi connectivity index (χ1v) is 11.3. The van der Waals surface area contributed by atoms with Crippen molar-refractivity contribution < 1.29 is 17.6 Å². The average molecular weight is 453 g/mol. The molecule has 0 saturated carbocycles. The van der Waals surface area contributed by atoms with E-state index in [9.17, 15) is 17.6 Å². The topological polar surface area (TPSA) is 99.3 Å². The third-order valence-electron chi connectivity index (χ3n) is 4.18. The number of carbonyl (C=O) groups is 1. The fourth-order valence-electron chi connectivity index (χ4n) is 2.54. The van der Waals surface area contributed by atoms with Gasteiger partial charge in [-0.2, -0.15) is 4.72 Å². The van der Waals surface area contributed by atoms with Crippen molar-refractivity contribution in [1.29, 1.82) is 0 Å². The monoisotopic (exact) mass is 452 g/mol. The van der Waals surface area contributed by atoms with E-state index in [4.69, 9.17) is 12.2 Å². The maximum absolute atomic E-state index is 13.7. The van der Waals surface area contributed by atoms with E-state index >= 15 is 0 Å². The van der Waals surface area contributed by atoms with Crippen molar-refractivity contribution in [3.05, 3.63) is 59.9 Å². The molecule has 0 heterocycles. The second kappa shape index (κ2) is 11.0. The fourth-order valence-corrected chi connectivity index (χ4v) is 3.99. The average Bonchev–Trinajstić information content (AvgIpc) is 2.71. The van der Waals surface area contributed by atoms with E-state index in [-0.39, 0.29) is 5.11 Å². The van der Waals surface area contributed by atoms with Crippen molar-refractivity contribution in [3.63, 3.8) is 0 Å². The minimum absolute atomic E-state index is 0.133. The highest BCUT2D eigenvalue weighted by Crippen LogP contribution is 2.14. The molecule has 1 atom stereocenters. The minimum atomic E-state index is -4.20. The summed E-state index contributed by atoms with van der Waals surface area (Å²) in [4.78, 5) is 11.6. The van der Waals surface area contributed by atoms with Crippen LogP contribution in [0.1, 0.15) is 32.3 Å². The number of carbonyl (C=O) groups excluding carboxylic acids is 1. The number of unbranched alkanes of at least 4 members (excludes halogenated alkanes) is 1. The Kier molecular flexibility index (Phi) is 8.70. The molecule has 2 aromatic rings. The Morgan fingerprint density at radius 1 is 1.10 bits per heavy atom. The normalized spacial score (nSPS) is 12.1. The molecule has 30 heavy (non-hydrogen) atoms. The summed E-state index contributed by atoms with van der Waals surface area (Å²) in [6.07, 6.45) is 3.26. The number of sulfonamides is 1. The van der Waals surface area contributed by atoms with Crippen molar-refractivity contribution in [2.75, 3.05) is 5.32 Å². The van der Waals surface area contributed by atoms with E-state index in [1.807, 2.05) is 24.3 Å². The highest BCUT2D eigenvalue weighted by Gasteiger charge is 2.24. The standard InChI is InChI=1S/C20H25FN4O3S2/c1-3-4-7-15-10-12-16(13-11-15)22-20(29)24-23-19(26)14(2)25-30(27,28)18-9-6-5-8-17(18)21/h5-6,8-14,25H,3-4,7H2,1-2H3,(H,23,26)(H2,22,24,29). The number of hydrogen-bond acceptors (Lipinski definition) is 4. The number of hydrazine groups is 1. The molecule has 0 saturated heterocycles. The number of anilines is 1. The maximum atomic E-state index is 13.7. The third-order valence-corrected chi connectivity index (χ3v) is 5.96. The van der Waals surface area contributed by atoms with Crippen molar-refractivity contribution in [1.82, 2.24) is 15.6 Å². The molecular weight excluding hydrogens is 427 g/mol. The lowest BCUT2D eigenvalue weighted by molar-refractivity contribution is -0.122. The number of benzene rings is 2. The number of aryl methyl sites for hydroxylation is 1. The summed E-state index contributed by atoms with van der Waals surface area (Å²) in [5.74, 6) is -1.59. The Morgan fingerprint density at radius 3 is 2.40 bits per heavy atom.